The standard InChI is InChI=1S/62K.5H3O4P/c;;;;;;;;;;;;;;;;;;;;;;;;;;;;;;;;;;;;;;;;;;;;;;;;;;;;;;;;;;;;;;5*1-5(2,3)4/h;;;;;;;;;;;;;;;;;;;;;;;;;;;;;;;;;;;;;;;;;;;;;;;;;;;;;;;;;;;;;;5*(H3,1,2,3,4)/q62*+1;;;;;. The Kier molecular flexibility index (Phi) is 1950. The van der Waals surface area contributed by atoms with E-state index in [1.807, 2.05) is 0 Å². The average molecular weight is 2910 g/mol. The van der Waals surface area contributed by atoms with E-state index in [0.29, 0.717) is 0 Å². The van der Waals surface area contributed by atoms with E-state index in [2.05, 4.69) is 0 Å². The van der Waals surface area contributed by atoms with Crippen molar-refractivity contribution in [3.63, 3.8) is 0 Å². The van der Waals surface area contributed by atoms with Crippen LogP contribution in [-0.4, -0.2) is 73.4 Å². The van der Waals surface area contributed by atoms with Crippen molar-refractivity contribution in [3.8, 4) is 0 Å². The summed E-state index contributed by atoms with van der Waals surface area (Å²) < 4.78 is 44.4. The molecule has 0 amide bonds. The topological polar surface area (TPSA) is 389 Å². The Morgan fingerprint density at radius 2 is 0.0805 bits per heavy atom. The average Bonchev–Trinajstić information content (AvgIpc) is 1.79. The molecule has 0 saturated heterocycles. The molecule has 0 radical (unpaired) electrons. The summed E-state index contributed by atoms with van der Waals surface area (Å²) in [5.74, 6) is 0. The minimum absolute atomic E-state index is 0. The van der Waals surface area contributed by atoms with Gasteiger partial charge in [-0.3, -0.25) is 0 Å². The maximum absolute atomic E-state index is 8.88. The van der Waals surface area contributed by atoms with E-state index in [1.54, 1.807) is 0 Å². The van der Waals surface area contributed by atoms with Crippen LogP contribution in [0, 0.1) is 0 Å². The van der Waals surface area contributed by atoms with Crippen LogP contribution in [-0.2, 0) is 22.8 Å². The molecule has 87 heteroatoms. The van der Waals surface area contributed by atoms with Crippen molar-refractivity contribution < 1.29 is 3280 Å². The fourth-order valence-corrected chi connectivity index (χ4v) is 0. The summed E-state index contributed by atoms with van der Waals surface area (Å²) in [6, 6.07) is 0. The molecule has 0 aliphatic carbocycles. The number of hydrogen-bond donors (Lipinski definition) is 15. The molecular weight excluding hydrogens is 2900 g/mol. The van der Waals surface area contributed by atoms with E-state index in [1.165, 1.54) is 0 Å². The van der Waals surface area contributed by atoms with E-state index in [0.717, 1.165) is 0 Å². The van der Waals surface area contributed by atoms with Gasteiger partial charge < -0.3 is 73.4 Å². The van der Waals surface area contributed by atoms with Gasteiger partial charge in [-0.1, -0.05) is 0 Å². The van der Waals surface area contributed by atoms with Crippen molar-refractivity contribution in [3.05, 3.63) is 0 Å². The van der Waals surface area contributed by atoms with Gasteiger partial charge in [0.2, 0.25) is 0 Å². The number of hydrogen-bond acceptors (Lipinski definition) is 5. The molecule has 0 heterocycles. The van der Waals surface area contributed by atoms with Gasteiger partial charge in [0.15, 0.2) is 0 Å². The molecule has 160 valence electrons. The van der Waals surface area contributed by atoms with Crippen molar-refractivity contribution >= 4 is 39.1 Å². The summed E-state index contributed by atoms with van der Waals surface area (Å²) >= 11 is 0. The quantitative estimate of drug-likeness (QED) is 0.0791. The first-order valence-electron chi connectivity index (χ1n) is 3.91. The van der Waals surface area contributed by atoms with Crippen LogP contribution in [0.4, 0.5) is 0 Å². The molecule has 0 rings (SSSR count). The zero-order valence-electron chi connectivity index (χ0n) is 73.0. The molecule has 0 aliphatic rings. The second-order valence-electron chi connectivity index (χ2n) is 2.57. The monoisotopic (exact) mass is 2910 g/mol. The molecule has 0 saturated carbocycles. The molecule has 0 aliphatic heterocycles. The Bertz CT molecular complexity index is 440. The van der Waals surface area contributed by atoms with Gasteiger partial charge in [-0.05, 0) is 0 Å². The summed E-state index contributed by atoms with van der Waals surface area (Å²) in [5.41, 5.74) is 0. The zero-order chi connectivity index (χ0) is 22.5. The largest absolute Gasteiger partial charge is 1.00 e. The predicted octanol–water partition coefficient (Wildman–Crippen LogP) is -190. The van der Waals surface area contributed by atoms with Gasteiger partial charge in [0.05, 0.1) is 0 Å². The second-order valence-corrected chi connectivity index (χ2v) is 7.70. The normalized spacial score (nSPS) is 3.39. The maximum atomic E-state index is 8.88. The first-order chi connectivity index (χ1) is 10.0. The first-order valence-corrected chi connectivity index (χ1v) is 11.7. The third-order valence-electron chi connectivity index (χ3n) is 0. The van der Waals surface area contributed by atoms with Gasteiger partial charge in [-0.2, -0.15) is 0 Å². The van der Waals surface area contributed by atoms with Crippen molar-refractivity contribution in [2.75, 3.05) is 0 Å². The molecule has 15 N–H and O–H groups in total. The van der Waals surface area contributed by atoms with Crippen LogP contribution < -0.4 is 3190 Å². The molecule has 0 bridgehead atoms. The molecule has 20 nitrogen and oxygen atoms in total. The Hall–Kier alpha value is 102. The Morgan fingerprint density at radius 1 is 0.0805 bits per heavy atom. The summed E-state index contributed by atoms with van der Waals surface area (Å²) in [5, 5.41) is 0. The van der Waals surface area contributed by atoms with Crippen molar-refractivity contribution in [1.29, 1.82) is 0 Å². The van der Waals surface area contributed by atoms with Crippen LogP contribution in [0.1, 0.15) is 0 Å². The molecule has 0 unspecified atom stereocenters. The summed E-state index contributed by atoms with van der Waals surface area (Å²) in [6.07, 6.45) is 0. The van der Waals surface area contributed by atoms with E-state index < -0.39 is 39.1 Å². The van der Waals surface area contributed by atoms with Crippen LogP contribution in [0.3, 0.4) is 0 Å². The fourth-order valence-electron chi connectivity index (χ4n) is 0. The zero-order valence-corrected chi connectivity index (χ0v) is 271. The molecule has 0 aromatic carbocycles. The first kappa shape index (κ1) is 449. The smallest absolute Gasteiger partial charge is 0.303 e. The summed E-state index contributed by atoms with van der Waals surface area (Å²) in [7, 11) is -23.2. The van der Waals surface area contributed by atoms with Crippen molar-refractivity contribution in [2.24, 2.45) is 0 Å². The molecule has 0 aromatic rings. The SMILES string of the molecule is O=P(O)(O)O.O=P(O)(O)O.O=P(O)(O)O.O=P(O)(O)O.O=P(O)(O)O.[K+].[K+].[K+].[K+].[K+].[K+].[K+].[K+].[K+].[K+].[K+].[K+].[K+].[K+].[K+].[K+].[K+].[K+].[K+].[K+].[K+].[K+].[K+].[K+].[K+].[K+].[K+].[K+].[K+].[K+].[K+].[K+].[K+].[K+].[K+].[K+].[K+].[K+].[K+].[K+].[K+].[K+].[K+].[K+].[K+].[K+].[K+].[K+].[K+].[K+].[K+].[K+].[K+].[K+].[K+].[K+].[K+].[K+].[K+].[K+].[K+].[K+]. The van der Waals surface area contributed by atoms with E-state index >= 15 is 0 Å². The van der Waals surface area contributed by atoms with Crippen LogP contribution in [0.25, 0.3) is 0 Å². The van der Waals surface area contributed by atoms with E-state index in [9.17, 15) is 0 Å². The van der Waals surface area contributed by atoms with E-state index in [4.69, 9.17) is 96.2 Å². The van der Waals surface area contributed by atoms with E-state index in [-0.39, 0.29) is 3190 Å². The van der Waals surface area contributed by atoms with Crippen molar-refractivity contribution in [2.45, 2.75) is 0 Å². The van der Waals surface area contributed by atoms with Crippen LogP contribution in [0.5, 0.6) is 0 Å². The summed E-state index contributed by atoms with van der Waals surface area (Å²) in [6.45, 7) is 0. The maximum Gasteiger partial charge on any atom is 1.00 e. The Labute approximate surface area is 3170 Å². The molecule has 0 fully saturated rings. The van der Waals surface area contributed by atoms with Crippen molar-refractivity contribution in [1.82, 2.24) is 0 Å². The molecule has 87 heavy (non-hydrogen) atoms. The van der Waals surface area contributed by atoms with Crippen LogP contribution in [0.2, 0.25) is 0 Å². The van der Waals surface area contributed by atoms with Gasteiger partial charge in [-0.15, -0.1) is 0 Å². The fraction of sp³-hybridized carbons (Fsp3) is 0. The molecular formula is H15K62O20P5+62. The third-order valence-corrected chi connectivity index (χ3v) is 0. The summed E-state index contributed by atoms with van der Waals surface area (Å²) in [4.78, 5) is 108. The molecule has 0 aromatic heterocycles. The van der Waals surface area contributed by atoms with Gasteiger partial charge in [-0.25, -0.2) is 22.8 Å². The molecule has 0 spiro atoms. The third kappa shape index (κ3) is 625. The van der Waals surface area contributed by atoms with Crippen LogP contribution in [0.15, 0.2) is 0 Å². The Morgan fingerprint density at radius 3 is 0.0805 bits per heavy atom. The number of rotatable bonds is 0. The van der Waals surface area contributed by atoms with Gasteiger partial charge >= 0.3 is 3220 Å². The number of phosphoric acid groups is 5. The Balaban J connectivity index is -0.000000000750. The molecule has 0 atom stereocenters. The predicted molar refractivity (Wildman–Crippen MR) is 71.3 cm³/mol. The minimum atomic E-state index is -4.64. The second kappa shape index (κ2) is 377. The van der Waals surface area contributed by atoms with Gasteiger partial charge in [0.25, 0.3) is 0 Å². The van der Waals surface area contributed by atoms with Gasteiger partial charge in [0.1, 0.15) is 0 Å². The van der Waals surface area contributed by atoms with Crippen LogP contribution >= 0.6 is 39.1 Å². The van der Waals surface area contributed by atoms with Gasteiger partial charge in [0, 0.05) is 0 Å². The minimum Gasteiger partial charge on any atom is -0.303 e.